The highest BCUT2D eigenvalue weighted by Crippen LogP contribution is 2.31. The monoisotopic (exact) mass is 284 g/mol. The van der Waals surface area contributed by atoms with Gasteiger partial charge in [-0.3, -0.25) is 4.68 Å². The van der Waals surface area contributed by atoms with Gasteiger partial charge in [-0.25, -0.2) is 4.98 Å². The molecule has 0 spiro atoms. The maximum absolute atomic E-state index is 12.7. The number of rotatable bonds is 4. The van der Waals surface area contributed by atoms with Crippen LogP contribution in [0.1, 0.15) is 18.3 Å². The molecule has 0 bridgehead atoms. The molecule has 0 N–H and O–H groups in total. The van der Waals surface area contributed by atoms with E-state index in [1.54, 1.807) is 17.8 Å². The summed E-state index contributed by atoms with van der Waals surface area (Å²) in [5.41, 5.74) is -0.128. The van der Waals surface area contributed by atoms with E-state index in [2.05, 4.69) is 10.1 Å². The topological polar surface area (TPSA) is 34.0 Å². The van der Waals surface area contributed by atoms with Crippen LogP contribution in [-0.2, 0) is 19.8 Å². The number of halogens is 3. The van der Waals surface area contributed by atoms with E-state index in [1.807, 2.05) is 11.8 Å². The highest BCUT2D eigenvalue weighted by Gasteiger charge is 2.30. The molecular formula is C13H15F3N4. The number of benzene rings is 1. The molecule has 0 unspecified atom stereocenters. The van der Waals surface area contributed by atoms with E-state index in [0.717, 1.165) is 12.1 Å². The van der Waals surface area contributed by atoms with Crippen LogP contribution in [0.3, 0.4) is 0 Å². The number of aromatic nitrogens is 3. The molecule has 1 aromatic carbocycles. The van der Waals surface area contributed by atoms with Gasteiger partial charge in [0.15, 0.2) is 0 Å². The minimum atomic E-state index is -4.33. The Kier molecular flexibility index (Phi) is 3.96. The summed E-state index contributed by atoms with van der Waals surface area (Å²) in [7, 11) is 1.75. The first-order chi connectivity index (χ1) is 9.41. The molecule has 0 saturated heterocycles. The fourth-order valence-electron chi connectivity index (χ4n) is 1.90. The van der Waals surface area contributed by atoms with Crippen molar-refractivity contribution in [3.05, 3.63) is 42.0 Å². The molecule has 0 amide bonds. The molecule has 0 fully saturated rings. The predicted molar refractivity (Wildman–Crippen MR) is 69.2 cm³/mol. The van der Waals surface area contributed by atoms with E-state index >= 15 is 0 Å². The summed E-state index contributed by atoms with van der Waals surface area (Å²) in [6.45, 7) is 2.87. The molecule has 1 aromatic heterocycles. The smallest absolute Gasteiger partial charge is 0.364 e. The molecule has 1 heterocycles. The van der Waals surface area contributed by atoms with Crippen LogP contribution in [0.2, 0.25) is 0 Å². The van der Waals surface area contributed by atoms with Crippen molar-refractivity contribution in [2.24, 2.45) is 7.05 Å². The van der Waals surface area contributed by atoms with E-state index in [-0.39, 0.29) is 0 Å². The van der Waals surface area contributed by atoms with Gasteiger partial charge >= 0.3 is 6.18 Å². The fourth-order valence-corrected chi connectivity index (χ4v) is 1.90. The van der Waals surface area contributed by atoms with Crippen molar-refractivity contribution in [1.82, 2.24) is 14.8 Å². The summed E-state index contributed by atoms with van der Waals surface area (Å²) in [5, 5.41) is 3.95. The van der Waals surface area contributed by atoms with Crippen LogP contribution in [-0.4, -0.2) is 21.3 Å². The minimum Gasteiger partial charge on any atom is -0.364 e. The lowest BCUT2D eigenvalue weighted by Gasteiger charge is -2.23. The third-order valence-corrected chi connectivity index (χ3v) is 3.06. The van der Waals surface area contributed by atoms with Gasteiger partial charge in [0.2, 0.25) is 0 Å². The average molecular weight is 284 g/mol. The van der Waals surface area contributed by atoms with Gasteiger partial charge < -0.3 is 4.90 Å². The highest BCUT2D eigenvalue weighted by molar-refractivity contribution is 5.49. The first-order valence-corrected chi connectivity index (χ1v) is 6.17. The van der Waals surface area contributed by atoms with Crippen LogP contribution >= 0.6 is 0 Å². The zero-order chi connectivity index (χ0) is 14.8. The van der Waals surface area contributed by atoms with E-state index in [1.165, 1.54) is 12.4 Å². The van der Waals surface area contributed by atoms with Crippen LogP contribution in [0.4, 0.5) is 18.9 Å². The molecule has 7 heteroatoms. The lowest BCUT2D eigenvalue weighted by atomic mass is 10.2. The molecule has 0 atom stereocenters. The van der Waals surface area contributed by atoms with E-state index < -0.39 is 11.7 Å². The second kappa shape index (κ2) is 5.52. The highest BCUT2D eigenvalue weighted by atomic mass is 19.4. The van der Waals surface area contributed by atoms with Gasteiger partial charge in [0.1, 0.15) is 12.2 Å². The Hall–Kier alpha value is -2.05. The van der Waals surface area contributed by atoms with Crippen molar-refractivity contribution in [2.45, 2.75) is 19.6 Å². The van der Waals surface area contributed by atoms with E-state index in [0.29, 0.717) is 24.6 Å². The standard InChI is InChI=1S/C13H15F3N4/c1-3-20(8-12-17-9-18-19(12)2)11-6-4-5-10(7-11)13(14,15)16/h4-7,9H,3,8H2,1-2H3. The molecule has 20 heavy (non-hydrogen) atoms. The SMILES string of the molecule is CCN(Cc1ncnn1C)c1cccc(C(F)(F)F)c1. The average Bonchev–Trinajstić information content (AvgIpc) is 2.80. The Morgan fingerprint density at radius 2 is 2.05 bits per heavy atom. The van der Waals surface area contributed by atoms with Crippen molar-refractivity contribution in [3.63, 3.8) is 0 Å². The van der Waals surface area contributed by atoms with Crippen LogP contribution in [0, 0.1) is 0 Å². The van der Waals surface area contributed by atoms with Gasteiger partial charge in [-0.15, -0.1) is 0 Å². The number of nitrogens with zero attached hydrogens (tertiary/aromatic N) is 4. The summed E-state index contributed by atoms with van der Waals surface area (Å²) in [4.78, 5) is 5.91. The van der Waals surface area contributed by atoms with Crippen molar-refractivity contribution < 1.29 is 13.2 Å². The van der Waals surface area contributed by atoms with Crippen LogP contribution < -0.4 is 4.90 Å². The lowest BCUT2D eigenvalue weighted by molar-refractivity contribution is -0.137. The number of hydrogen-bond acceptors (Lipinski definition) is 3. The number of aryl methyl sites for hydroxylation is 1. The Morgan fingerprint density at radius 3 is 2.60 bits per heavy atom. The van der Waals surface area contributed by atoms with Gasteiger partial charge in [-0.2, -0.15) is 18.3 Å². The Morgan fingerprint density at radius 1 is 1.30 bits per heavy atom. The van der Waals surface area contributed by atoms with Gasteiger partial charge in [0, 0.05) is 19.3 Å². The Balaban J connectivity index is 2.26. The van der Waals surface area contributed by atoms with Crippen molar-refractivity contribution in [3.8, 4) is 0 Å². The van der Waals surface area contributed by atoms with Gasteiger partial charge in [-0.05, 0) is 25.1 Å². The molecule has 0 aliphatic carbocycles. The summed E-state index contributed by atoms with van der Waals surface area (Å²) in [6, 6.07) is 5.30. The molecule has 0 radical (unpaired) electrons. The number of alkyl halides is 3. The quantitative estimate of drug-likeness (QED) is 0.865. The minimum absolute atomic E-state index is 0.411. The number of hydrogen-bond donors (Lipinski definition) is 0. The number of anilines is 1. The molecule has 2 rings (SSSR count). The molecule has 4 nitrogen and oxygen atoms in total. The van der Waals surface area contributed by atoms with Crippen molar-refractivity contribution in [1.29, 1.82) is 0 Å². The maximum Gasteiger partial charge on any atom is 0.416 e. The normalized spacial score (nSPS) is 11.7. The van der Waals surface area contributed by atoms with Gasteiger partial charge in [-0.1, -0.05) is 6.07 Å². The first-order valence-electron chi connectivity index (χ1n) is 6.17. The fraction of sp³-hybridized carbons (Fsp3) is 0.385. The zero-order valence-electron chi connectivity index (χ0n) is 11.2. The lowest BCUT2D eigenvalue weighted by Crippen LogP contribution is -2.24. The largest absolute Gasteiger partial charge is 0.416 e. The van der Waals surface area contributed by atoms with Crippen LogP contribution in [0.5, 0.6) is 0 Å². The molecule has 0 aliphatic heterocycles. The Labute approximate surface area is 114 Å². The molecule has 2 aromatic rings. The summed E-state index contributed by atoms with van der Waals surface area (Å²) in [6.07, 6.45) is -2.91. The van der Waals surface area contributed by atoms with Gasteiger partial charge in [0.25, 0.3) is 0 Å². The predicted octanol–water partition coefficient (Wildman–Crippen LogP) is 2.86. The second-order valence-corrected chi connectivity index (χ2v) is 4.36. The maximum atomic E-state index is 12.7. The van der Waals surface area contributed by atoms with Crippen molar-refractivity contribution >= 4 is 5.69 Å². The third kappa shape index (κ3) is 3.09. The van der Waals surface area contributed by atoms with Gasteiger partial charge in [0.05, 0.1) is 12.1 Å². The first kappa shape index (κ1) is 14.4. The summed E-state index contributed by atoms with van der Waals surface area (Å²) >= 11 is 0. The molecular weight excluding hydrogens is 269 g/mol. The zero-order valence-corrected chi connectivity index (χ0v) is 11.2. The third-order valence-electron chi connectivity index (χ3n) is 3.06. The second-order valence-electron chi connectivity index (χ2n) is 4.36. The Bertz CT molecular complexity index is 577. The van der Waals surface area contributed by atoms with E-state index in [4.69, 9.17) is 0 Å². The molecule has 108 valence electrons. The molecule has 0 saturated carbocycles. The summed E-state index contributed by atoms with van der Waals surface area (Å²) < 4.78 is 39.8. The van der Waals surface area contributed by atoms with Crippen molar-refractivity contribution in [2.75, 3.05) is 11.4 Å². The van der Waals surface area contributed by atoms with E-state index in [9.17, 15) is 13.2 Å². The summed E-state index contributed by atoms with van der Waals surface area (Å²) in [5.74, 6) is 0.698. The van der Waals surface area contributed by atoms with Crippen LogP contribution in [0.25, 0.3) is 0 Å². The van der Waals surface area contributed by atoms with Crippen LogP contribution in [0.15, 0.2) is 30.6 Å². The molecule has 0 aliphatic rings.